The maximum atomic E-state index is 12.4. The number of hydrogen-bond acceptors (Lipinski definition) is 2. The highest BCUT2D eigenvalue weighted by Crippen LogP contribution is 2.18. The molecule has 0 bridgehead atoms. The van der Waals surface area contributed by atoms with Gasteiger partial charge in [0.1, 0.15) is 5.70 Å². The Morgan fingerprint density at radius 3 is 2.57 bits per heavy atom. The SMILES string of the molecule is Cc1cccc(CN2C(=O)N/C(=C/c3ccc(I)cc3)C2=O)c1. The molecule has 1 heterocycles. The van der Waals surface area contributed by atoms with Crippen molar-refractivity contribution in [2.45, 2.75) is 13.5 Å². The number of halogens is 1. The van der Waals surface area contributed by atoms with E-state index in [0.717, 1.165) is 20.3 Å². The molecule has 1 fully saturated rings. The standard InChI is InChI=1S/C18H15IN2O2/c1-12-3-2-4-14(9-12)11-21-17(22)16(20-18(21)23)10-13-5-7-15(19)8-6-13/h2-10H,11H2,1H3,(H,20,23)/b16-10+. The van der Waals surface area contributed by atoms with Crippen molar-refractivity contribution in [3.05, 3.63) is 74.5 Å². The number of carbonyl (C=O) groups is 2. The van der Waals surface area contributed by atoms with Crippen LogP contribution in [-0.2, 0) is 11.3 Å². The Labute approximate surface area is 148 Å². The van der Waals surface area contributed by atoms with Gasteiger partial charge in [-0.05, 0) is 58.9 Å². The number of hydrogen-bond donors (Lipinski definition) is 1. The molecule has 4 nitrogen and oxygen atoms in total. The second kappa shape index (κ2) is 6.54. The minimum atomic E-state index is -0.381. The van der Waals surface area contributed by atoms with Gasteiger partial charge in [-0.15, -0.1) is 0 Å². The van der Waals surface area contributed by atoms with Gasteiger partial charge in [0.15, 0.2) is 0 Å². The lowest BCUT2D eigenvalue weighted by molar-refractivity contribution is -0.123. The first-order valence-electron chi connectivity index (χ1n) is 7.18. The van der Waals surface area contributed by atoms with Crippen molar-refractivity contribution in [2.75, 3.05) is 0 Å². The van der Waals surface area contributed by atoms with E-state index in [0.29, 0.717) is 5.70 Å². The molecule has 5 heteroatoms. The van der Waals surface area contributed by atoms with E-state index >= 15 is 0 Å². The topological polar surface area (TPSA) is 49.4 Å². The van der Waals surface area contributed by atoms with Crippen LogP contribution in [-0.4, -0.2) is 16.8 Å². The van der Waals surface area contributed by atoms with Crippen molar-refractivity contribution in [3.8, 4) is 0 Å². The number of benzene rings is 2. The third-order valence-electron chi connectivity index (χ3n) is 3.57. The maximum Gasteiger partial charge on any atom is 0.329 e. The zero-order chi connectivity index (χ0) is 16.4. The molecule has 1 saturated heterocycles. The lowest BCUT2D eigenvalue weighted by atomic mass is 10.1. The molecule has 23 heavy (non-hydrogen) atoms. The average Bonchev–Trinajstić information content (AvgIpc) is 2.77. The number of carbonyl (C=O) groups excluding carboxylic acids is 2. The highest BCUT2D eigenvalue weighted by Gasteiger charge is 2.33. The van der Waals surface area contributed by atoms with Gasteiger partial charge in [0.2, 0.25) is 0 Å². The van der Waals surface area contributed by atoms with Crippen LogP contribution >= 0.6 is 22.6 Å². The lowest BCUT2D eigenvalue weighted by Gasteiger charge is -2.12. The van der Waals surface area contributed by atoms with Gasteiger partial charge in [-0.1, -0.05) is 42.0 Å². The van der Waals surface area contributed by atoms with E-state index in [1.165, 1.54) is 4.90 Å². The summed E-state index contributed by atoms with van der Waals surface area (Å²) in [5.41, 5.74) is 3.23. The third kappa shape index (κ3) is 3.61. The van der Waals surface area contributed by atoms with E-state index in [-0.39, 0.29) is 18.5 Å². The van der Waals surface area contributed by atoms with Crippen molar-refractivity contribution in [1.82, 2.24) is 10.2 Å². The third-order valence-corrected chi connectivity index (χ3v) is 4.29. The van der Waals surface area contributed by atoms with Crippen LogP contribution in [0.3, 0.4) is 0 Å². The predicted molar refractivity (Wildman–Crippen MR) is 97.4 cm³/mol. The van der Waals surface area contributed by atoms with E-state index in [9.17, 15) is 9.59 Å². The quantitative estimate of drug-likeness (QED) is 0.470. The number of nitrogens with one attached hydrogen (secondary N) is 1. The Hall–Kier alpha value is -2.15. The number of urea groups is 1. The largest absolute Gasteiger partial charge is 0.329 e. The van der Waals surface area contributed by atoms with Crippen molar-refractivity contribution in [3.63, 3.8) is 0 Å². The van der Waals surface area contributed by atoms with Gasteiger partial charge in [0.25, 0.3) is 5.91 Å². The predicted octanol–water partition coefficient (Wildman–Crippen LogP) is 3.69. The Bertz CT molecular complexity index is 797. The molecular formula is C18H15IN2O2. The van der Waals surface area contributed by atoms with Gasteiger partial charge < -0.3 is 5.32 Å². The molecule has 2 aromatic carbocycles. The summed E-state index contributed by atoms with van der Waals surface area (Å²) in [6.45, 7) is 2.26. The first-order chi connectivity index (χ1) is 11.0. The number of nitrogens with zero attached hydrogens (tertiary/aromatic N) is 1. The Balaban J connectivity index is 1.81. The van der Waals surface area contributed by atoms with Crippen LogP contribution in [0.15, 0.2) is 54.2 Å². The molecule has 0 radical (unpaired) electrons. The van der Waals surface area contributed by atoms with E-state index in [4.69, 9.17) is 0 Å². The Kier molecular flexibility index (Phi) is 4.47. The normalized spacial score (nSPS) is 16.1. The molecule has 0 saturated carbocycles. The van der Waals surface area contributed by atoms with Gasteiger partial charge in [0, 0.05) is 3.57 Å². The van der Waals surface area contributed by atoms with Gasteiger partial charge in [-0.3, -0.25) is 9.69 Å². The second-order valence-corrected chi connectivity index (χ2v) is 6.67. The van der Waals surface area contributed by atoms with E-state index < -0.39 is 0 Å². The van der Waals surface area contributed by atoms with Crippen LogP contribution in [0.2, 0.25) is 0 Å². The van der Waals surface area contributed by atoms with Gasteiger partial charge in [0.05, 0.1) is 6.54 Å². The summed E-state index contributed by atoms with van der Waals surface area (Å²) in [4.78, 5) is 25.8. The van der Waals surface area contributed by atoms with Crippen LogP contribution in [0.25, 0.3) is 6.08 Å². The molecule has 0 spiro atoms. The number of rotatable bonds is 3. The first-order valence-corrected chi connectivity index (χ1v) is 8.26. The van der Waals surface area contributed by atoms with Crippen LogP contribution in [0.4, 0.5) is 4.79 Å². The fourth-order valence-corrected chi connectivity index (χ4v) is 2.79. The molecule has 0 atom stereocenters. The molecule has 1 N–H and O–H groups in total. The van der Waals surface area contributed by atoms with E-state index in [1.807, 2.05) is 55.5 Å². The van der Waals surface area contributed by atoms with Crippen molar-refractivity contribution in [2.24, 2.45) is 0 Å². The summed E-state index contributed by atoms with van der Waals surface area (Å²) in [7, 11) is 0. The summed E-state index contributed by atoms with van der Waals surface area (Å²) in [5, 5.41) is 2.65. The molecule has 116 valence electrons. The zero-order valence-electron chi connectivity index (χ0n) is 12.5. The number of imide groups is 1. The van der Waals surface area contributed by atoms with Crippen LogP contribution in [0.5, 0.6) is 0 Å². The lowest BCUT2D eigenvalue weighted by Crippen LogP contribution is -2.30. The van der Waals surface area contributed by atoms with Crippen LogP contribution in [0, 0.1) is 10.5 Å². The first kappa shape index (κ1) is 15.7. The zero-order valence-corrected chi connectivity index (χ0v) is 14.7. The monoisotopic (exact) mass is 418 g/mol. The minimum absolute atomic E-state index is 0.274. The van der Waals surface area contributed by atoms with Crippen molar-refractivity contribution < 1.29 is 9.59 Å². The fourth-order valence-electron chi connectivity index (χ4n) is 2.43. The molecule has 0 aliphatic carbocycles. The molecule has 2 aromatic rings. The van der Waals surface area contributed by atoms with Crippen LogP contribution in [0.1, 0.15) is 16.7 Å². The second-order valence-electron chi connectivity index (χ2n) is 5.42. The van der Waals surface area contributed by atoms with Crippen LogP contribution < -0.4 is 5.32 Å². The smallest absolute Gasteiger partial charge is 0.303 e. The number of amides is 3. The highest BCUT2D eigenvalue weighted by molar-refractivity contribution is 14.1. The molecule has 3 amide bonds. The summed E-state index contributed by atoms with van der Waals surface area (Å²) in [6.07, 6.45) is 1.70. The molecule has 0 aromatic heterocycles. The van der Waals surface area contributed by atoms with Crippen molar-refractivity contribution >= 4 is 40.6 Å². The highest BCUT2D eigenvalue weighted by atomic mass is 127. The van der Waals surface area contributed by atoms with Gasteiger partial charge in [-0.2, -0.15) is 0 Å². The van der Waals surface area contributed by atoms with Gasteiger partial charge >= 0.3 is 6.03 Å². The van der Waals surface area contributed by atoms with Gasteiger partial charge in [-0.25, -0.2) is 4.79 Å². The Morgan fingerprint density at radius 2 is 1.87 bits per heavy atom. The molecular weight excluding hydrogens is 403 g/mol. The summed E-state index contributed by atoms with van der Waals surface area (Å²) in [5.74, 6) is -0.296. The summed E-state index contributed by atoms with van der Waals surface area (Å²) in [6, 6.07) is 15.2. The number of aryl methyl sites for hydroxylation is 1. The molecule has 1 aliphatic rings. The average molecular weight is 418 g/mol. The summed E-state index contributed by atoms with van der Waals surface area (Å²) >= 11 is 2.22. The van der Waals surface area contributed by atoms with Crippen molar-refractivity contribution in [1.29, 1.82) is 0 Å². The Morgan fingerprint density at radius 1 is 1.13 bits per heavy atom. The van der Waals surface area contributed by atoms with E-state index in [1.54, 1.807) is 6.08 Å². The minimum Gasteiger partial charge on any atom is -0.303 e. The summed E-state index contributed by atoms with van der Waals surface area (Å²) < 4.78 is 1.12. The fraction of sp³-hybridized carbons (Fsp3) is 0.111. The van der Waals surface area contributed by atoms with E-state index in [2.05, 4.69) is 27.9 Å². The molecule has 0 unspecified atom stereocenters. The molecule has 1 aliphatic heterocycles. The maximum absolute atomic E-state index is 12.4. The molecule has 3 rings (SSSR count).